The molecule has 3 nitrogen and oxygen atoms in total. The SMILES string of the molecule is OCCSCc1cccnc1Nc1ccccc1. The molecule has 0 atom stereocenters. The minimum absolute atomic E-state index is 0.215. The highest BCUT2D eigenvalue weighted by atomic mass is 32.2. The smallest absolute Gasteiger partial charge is 0.134 e. The molecule has 2 aromatic rings. The van der Waals surface area contributed by atoms with Crippen molar-refractivity contribution in [2.75, 3.05) is 17.7 Å². The van der Waals surface area contributed by atoms with Crippen molar-refractivity contribution in [3.63, 3.8) is 0 Å². The molecule has 0 radical (unpaired) electrons. The average molecular weight is 260 g/mol. The Morgan fingerprint density at radius 3 is 2.72 bits per heavy atom. The highest BCUT2D eigenvalue weighted by Crippen LogP contribution is 2.21. The first-order valence-electron chi connectivity index (χ1n) is 5.84. The van der Waals surface area contributed by atoms with E-state index < -0.39 is 0 Å². The fourth-order valence-corrected chi connectivity index (χ4v) is 2.30. The lowest BCUT2D eigenvalue weighted by Gasteiger charge is -2.10. The lowest BCUT2D eigenvalue weighted by atomic mass is 10.2. The van der Waals surface area contributed by atoms with Crippen LogP contribution < -0.4 is 5.32 Å². The molecule has 0 aliphatic heterocycles. The molecule has 1 heterocycles. The van der Waals surface area contributed by atoms with Crippen LogP contribution in [0.5, 0.6) is 0 Å². The van der Waals surface area contributed by atoms with E-state index >= 15 is 0 Å². The predicted octanol–water partition coefficient (Wildman–Crippen LogP) is 3.05. The summed E-state index contributed by atoms with van der Waals surface area (Å²) in [4.78, 5) is 4.37. The van der Waals surface area contributed by atoms with Crippen LogP contribution in [0.4, 0.5) is 11.5 Å². The molecule has 0 saturated carbocycles. The molecule has 4 heteroatoms. The number of aromatic nitrogens is 1. The molecule has 18 heavy (non-hydrogen) atoms. The fraction of sp³-hybridized carbons (Fsp3) is 0.214. The van der Waals surface area contributed by atoms with Gasteiger partial charge in [-0.2, -0.15) is 11.8 Å². The van der Waals surface area contributed by atoms with Crippen LogP contribution in [0.3, 0.4) is 0 Å². The summed E-state index contributed by atoms with van der Waals surface area (Å²) in [5.74, 6) is 2.48. The summed E-state index contributed by atoms with van der Waals surface area (Å²) in [6.45, 7) is 0.215. The number of thioether (sulfide) groups is 1. The van der Waals surface area contributed by atoms with Crippen LogP contribution in [0.15, 0.2) is 48.7 Å². The van der Waals surface area contributed by atoms with Gasteiger partial charge in [-0.25, -0.2) is 4.98 Å². The van der Waals surface area contributed by atoms with Crippen molar-refractivity contribution in [2.24, 2.45) is 0 Å². The van der Waals surface area contributed by atoms with E-state index in [2.05, 4.69) is 16.4 Å². The third-order valence-electron chi connectivity index (χ3n) is 2.42. The zero-order valence-corrected chi connectivity index (χ0v) is 10.9. The summed E-state index contributed by atoms with van der Waals surface area (Å²) in [7, 11) is 0. The van der Waals surface area contributed by atoms with Gasteiger partial charge in [-0.05, 0) is 18.2 Å². The van der Waals surface area contributed by atoms with Crippen molar-refractivity contribution in [1.82, 2.24) is 4.98 Å². The number of aliphatic hydroxyl groups is 1. The second-order valence-corrected chi connectivity index (χ2v) is 4.88. The number of rotatable bonds is 6. The van der Waals surface area contributed by atoms with E-state index in [9.17, 15) is 0 Å². The minimum Gasteiger partial charge on any atom is -0.396 e. The van der Waals surface area contributed by atoms with Crippen LogP contribution >= 0.6 is 11.8 Å². The second-order valence-electron chi connectivity index (χ2n) is 3.78. The molecule has 0 aliphatic carbocycles. The monoisotopic (exact) mass is 260 g/mol. The maximum absolute atomic E-state index is 8.80. The van der Waals surface area contributed by atoms with Crippen LogP contribution in [0.2, 0.25) is 0 Å². The maximum Gasteiger partial charge on any atom is 0.134 e. The lowest BCUT2D eigenvalue weighted by molar-refractivity contribution is 0.322. The molecule has 0 fully saturated rings. The lowest BCUT2D eigenvalue weighted by Crippen LogP contribution is -1.98. The first-order valence-corrected chi connectivity index (χ1v) is 7.00. The van der Waals surface area contributed by atoms with Crippen molar-refractivity contribution in [3.8, 4) is 0 Å². The Hall–Kier alpha value is -1.52. The van der Waals surface area contributed by atoms with Gasteiger partial charge in [0.2, 0.25) is 0 Å². The summed E-state index contributed by atoms with van der Waals surface area (Å²) >= 11 is 1.70. The highest BCUT2D eigenvalue weighted by molar-refractivity contribution is 7.98. The van der Waals surface area contributed by atoms with Crippen LogP contribution in [-0.2, 0) is 5.75 Å². The van der Waals surface area contributed by atoms with E-state index in [0.29, 0.717) is 0 Å². The van der Waals surface area contributed by atoms with Crippen molar-refractivity contribution < 1.29 is 5.11 Å². The molecule has 2 N–H and O–H groups in total. The Labute approximate surface area is 111 Å². The fourth-order valence-electron chi connectivity index (χ4n) is 1.57. The van der Waals surface area contributed by atoms with E-state index in [1.807, 2.05) is 36.4 Å². The third-order valence-corrected chi connectivity index (χ3v) is 3.41. The van der Waals surface area contributed by atoms with E-state index in [0.717, 1.165) is 28.6 Å². The Morgan fingerprint density at radius 1 is 1.11 bits per heavy atom. The highest BCUT2D eigenvalue weighted by Gasteiger charge is 2.03. The van der Waals surface area contributed by atoms with Crippen LogP contribution in [-0.4, -0.2) is 22.5 Å². The molecule has 0 bridgehead atoms. The van der Waals surface area contributed by atoms with Crippen LogP contribution in [0.25, 0.3) is 0 Å². The van der Waals surface area contributed by atoms with Gasteiger partial charge in [0.15, 0.2) is 0 Å². The number of aliphatic hydroxyl groups excluding tert-OH is 1. The quantitative estimate of drug-likeness (QED) is 0.784. The summed E-state index contributed by atoms with van der Waals surface area (Å²) in [6.07, 6.45) is 1.78. The second kappa shape index (κ2) is 7.03. The molecular formula is C14H16N2OS. The average Bonchev–Trinajstić information content (AvgIpc) is 2.42. The van der Waals surface area contributed by atoms with Gasteiger partial charge in [0.1, 0.15) is 5.82 Å². The molecule has 2 rings (SSSR count). The van der Waals surface area contributed by atoms with E-state index in [1.165, 1.54) is 0 Å². The molecule has 0 aliphatic rings. The summed E-state index contributed by atoms with van der Waals surface area (Å²) in [6, 6.07) is 14.0. The van der Waals surface area contributed by atoms with Gasteiger partial charge in [0.05, 0.1) is 6.61 Å². The van der Waals surface area contributed by atoms with E-state index in [4.69, 9.17) is 5.11 Å². The van der Waals surface area contributed by atoms with Gasteiger partial charge in [-0.3, -0.25) is 0 Å². The van der Waals surface area contributed by atoms with Crippen molar-refractivity contribution >= 4 is 23.3 Å². The number of nitrogens with zero attached hydrogens (tertiary/aromatic N) is 1. The minimum atomic E-state index is 0.215. The number of anilines is 2. The summed E-state index contributed by atoms with van der Waals surface area (Å²) in [5.41, 5.74) is 2.18. The van der Waals surface area contributed by atoms with Gasteiger partial charge >= 0.3 is 0 Å². The van der Waals surface area contributed by atoms with Gasteiger partial charge in [-0.15, -0.1) is 0 Å². The van der Waals surface area contributed by atoms with Crippen molar-refractivity contribution in [2.45, 2.75) is 5.75 Å². The molecule has 1 aromatic heterocycles. The maximum atomic E-state index is 8.80. The summed E-state index contributed by atoms with van der Waals surface area (Å²) in [5, 5.41) is 12.1. The number of para-hydroxylation sites is 1. The topological polar surface area (TPSA) is 45.2 Å². The molecule has 0 unspecified atom stereocenters. The normalized spacial score (nSPS) is 10.3. The van der Waals surface area contributed by atoms with Gasteiger partial charge in [-0.1, -0.05) is 24.3 Å². The number of benzene rings is 1. The Bertz CT molecular complexity index is 476. The van der Waals surface area contributed by atoms with Gasteiger partial charge < -0.3 is 10.4 Å². The van der Waals surface area contributed by atoms with Crippen molar-refractivity contribution in [3.05, 3.63) is 54.2 Å². The number of hydrogen-bond donors (Lipinski definition) is 2. The van der Waals surface area contributed by atoms with E-state index in [-0.39, 0.29) is 6.61 Å². The zero-order valence-electron chi connectivity index (χ0n) is 10.0. The summed E-state index contributed by atoms with van der Waals surface area (Å²) < 4.78 is 0. The first-order chi connectivity index (χ1) is 8.90. The predicted molar refractivity (Wildman–Crippen MR) is 77.2 cm³/mol. The number of pyridine rings is 1. The van der Waals surface area contributed by atoms with Gasteiger partial charge in [0.25, 0.3) is 0 Å². The van der Waals surface area contributed by atoms with Crippen LogP contribution in [0.1, 0.15) is 5.56 Å². The third kappa shape index (κ3) is 3.75. The van der Waals surface area contributed by atoms with Crippen molar-refractivity contribution in [1.29, 1.82) is 0 Å². The number of nitrogens with one attached hydrogen (secondary N) is 1. The standard InChI is InChI=1S/C14H16N2OS/c17-9-10-18-11-12-5-4-8-15-14(12)16-13-6-2-1-3-7-13/h1-8,17H,9-11H2,(H,15,16). The number of hydrogen-bond acceptors (Lipinski definition) is 4. The molecule has 0 saturated heterocycles. The first kappa shape index (κ1) is 12.9. The molecule has 0 spiro atoms. The Morgan fingerprint density at radius 2 is 1.94 bits per heavy atom. The largest absolute Gasteiger partial charge is 0.396 e. The molecule has 1 aromatic carbocycles. The Balaban J connectivity index is 2.07. The molecule has 94 valence electrons. The molecule has 0 amide bonds. The Kier molecular flexibility index (Phi) is 5.05. The zero-order chi connectivity index (χ0) is 12.6. The molecular weight excluding hydrogens is 244 g/mol. The van der Waals surface area contributed by atoms with Gasteiger partial charge in [0, 0.05) is 29.0 Å². The van der Waals surface area contributed by atoms with Crippen LogP contribution in [0, 0.1) is 0 Å². The van der Waals surface area contributed by atoms with E-state index in [1.54, 1.807) is 18.0 Å².